The average Bonchev–Trinajstić information content (AvgIpc) is 2.63. The molecule has 2 N–H and O–H groups in total. The highest BCUT2D eigenvalue weighted by atomic mass is 16.5. The second-order valence-electron chi connectivity index (χ2n) is 4.59. The standard InChI is InChI=1S/C11H22N2O2/c1-4-9(2)13-10(14)7-12-11(3)5-6-15-8-11/h9,12H,4-8H2,1-3H3,(H,13,14). The molecule has 0 radical (unpaired) electrons. The SMILES string of the molecule is CCC(C)NC(=O)CNC1(C)CCOC1. The Hall–Kier alpha value is -0.610. The molecule has 4 nitrogen and oxygen atoms in total. The monoisotopic (exact) mass is 214 g/mol. The van der Waals surface area contributed by atoms with Crippen LogP contribution < -0.4 is 10.6 Å². The quantitative estimate of drug-likeness (QED) is 0.707. The number of carbonyl (C=O) groups is 1. The molecule has 1 rings (SSSR count). The minimum atomic E-state index is -0.0210. The van der Waals surface area contributed by atoms with Crippen LogP contribution >= 0.6 is 0 Å². The number of hydrogen-bond donors (Lipinski definition) is 2. The second-order valence-corrected chi connectivity index (χ2v) is 4.59. The highest BCUT2D eigenvalue weighted by Crippen LogP contribution is 2.16. The molecular formula is C11H22N2O2. The fourth-order valence-corrected chi connectivity index (χ4v) is 1.53. The maximum Gasteiger partial charge on any atom is 0.234 e. The lowest BCUT2D eigenvalue weighted by atomic mass is 10.0. The van der Waals surface area contributed by atoms with E-state index in [0.29, 0.717) is 13.2 Å². The van der Waals surface area contributed by atoms with Gasteiger partial charge in [0.1, 0.15) is 0 Å². The van der Waals surface area contributed by atoms with Gasteiger partial charge in [-0.25, -0.2) is 0 Å². The van der Waals surface area contributed by atoms with Gasteiger partial charge in [-0.05, 0) is 26.7 Å². The van der Waals surface area contributed by atoms with Crippen molar-refractivity contribution in [1.29, 1.82) is 0 Å². The molecule has 1 heterocycles. The molecule has 1 amide bonds. The number of rotatable bonds is 5. The van der Waals surface area contributed by atoms with Gasteiger partial charge in [0.05, 0.1) is 13.2 Å². The van der Waals surface area contributed by atoms with Crippen LogP contribution in [0.5, 0.6) is 0 Å². The van der Waals surface area contributed by atoms with Crippen LogP contribution in [0, 0.1) is 0 Å². The number of ether oxygens (including phenoxy) is 1. The largest absolute Gasteiger partial charge is 0.379 e. The Bertz CT molecular complexity index is 213. The normalized spacial score (nSPS) is 27.7. The summed E-state index contributed by atoms with van der Waals surface area (Å²) >= 11 is 0. The molecular weight excluding hydrogens is 192 g/mol. The van der Waals surface area contributed by atoms with Crippen LogP contribution in [0.1, 0.15) is 33.6 Å². The topological polar surface area (TPSA) is 50.4 Å². The predicted molar refractivity (Wildman–Crippen MR) is 59.7 cm³/mol. The molecule has 1 aliphatic heterocycles. The van der Waals surface area contributed by atoms with Crippen molar-refractivity contribution >= 4 is 5.91 Å². The third-order valence-corrected chi connectivity index (χ3v) is 2.91. The van der Waals surface area contributed by atoms with Gasteiger partial charge in [0.25, 0.3) is 0 Å². The van der Waals surface area contributed by atoms with Crippen LogP contribution in [0.3, 0.4) is 0 Å². The first-order valence-corrected chi connectivity index (χ1v) is 5.68. The molecule has 88 valence electrons. The predicted octanol–water partition coefficient (Wildman–Crippen LogP) is 0.670. The summed E-state index contributed by atoms with van der Waals surface area (Å²) in [5.41, 5.74) is -0.0210. The molecule has 2 unspecified atom stereocenters. The average molecular weight is 214 g/mol. The Morgan fingerprint density at radius 3 is 2.87 bits per heavy atom. The summed E-state index contributed by atoms with van der Waals surface area (Å²) in [7, 11) is 0. The van der Waals surface area contributed by atoms with Crippen LogP contribution in [-0.2, 0) is 9.53 Å². The molecule has 1 aliphatic rings. The van der Waals surface area contributed by atoms with Crippen LogP contribution in [0.15, 0.2) is 0 Å². The lowest BCUT2D eigenvalue weighted by molar-refractivity contribution is -0.121. The van der Waals surface area contributed by atoms with Gasteiger partial charge in [-0.3, -0.25) is 4.79 Å². The summed E-state index contributed by atoms with van der Waals surface area (Å²) < 4.78 is 5.30. The first-order valence-electron chi connectivity index (χ1n) is 5.68. The minimum Gasteiger partial charge on any atom is -0.379 e. The molecule has 1 saturated heterocycles. The molecule has 0 aromatic rings. The lowest BCUT2D eigenvalue weighted by Gasteiger charge is -2.23. The highest BCUT2D eigenvalue weighted by Gasteiger charge is 2.29. The molecule has 0 aliphatic carbocycles. The van der Waals surface area contributed by atoms with E-state index < -0.39 is 0 Å². The Morgan fingerprint density at radius 2 is 2.33 bits per heavy atom. The van der Waals surface area contributed by atoms with E-state index >= 15 is 0 Å². The molecule has 0 aromatic carbocycles. The van der Waals surface area contributed by atoms with E-state index in [-0.39, 0.29) is 17.5 Å². The first-order chi connectivity index (χ1) is 7.06. The van der Waals surface area contributed by atoms with Gasteiger partial charge in [0, 0.05) is 18.2 Å². The molecule has 0 aromatic heterocycles. The smallest absolute Gasteiger partial charge is 0.234 e. The number of nitrogens with one attached hydrogen (secondary N) is 2. The van der Waals surface area contributed by atoms with E-state index in [0.717, 1.165) is 19.4 Å². The zero-order valence-corrected chi connectivity index (χ0v) is 9.93. The number of carbonyl (C=O) groups excluding carboxylic acids is 1. The van der Waals surface area contributed by atoms with Crippen LogP contribution in [0.4, 0.5) is 0 Å². The summed E-state index contributed by atoms with van der Waals surface area (Å²) in [5, 5.41) is 6.18. The van der Waals surface area contributed by atoms with E-state index in [2.05, 4.69) is 24.5 Å². The van der Waals surface area contributed by atoms with Crippen molar-refractivity contribution in [2.24, 2.45) is 0 Å². The maximum atomic E-state index is 11.5. The third-order valence-electron chi connectivity index (χ3n) is 2.91. The van der Waals surface area contributed by atoms with Crippen molar-refractivity contribution < 1.29 is 9.53 Å². The van der Waals surface area contributed by atoms with Gasteiger partial charge in [0.2, 0.25) is 5.91 Å². The minimum absolute atomic E-state index is 0.0210. The van der Waals surface area contributed by atoms with Crippen molar-refractivity contribution in [1.82, 2.24) is 10.6 Å². The summed E-state index contributed by atoms with van der Waals surface area (Å²) in [6.07, 6.45) is 1.94. The van der Waals surface area contributed by atoms with Crippen molar-refractivity contribution in [2.75, 3.05) is 19.8 Å². The first kappa shape index (κ1) is 12.5. The van der Waals surface area contributed by atoms with Gasteiger partial charge < -0.3 is 15.4 Å². The summed E-state index contributed by atoms with van der Waals surface area (Å²) in [4.78, 5) is 11.5. The van der Waals surface area contributed by atoms with Gasteiger partial charge in [0.15, 0.2) is 0 Å². The van der Waals surface area contributed by atoms with E-state index in [4.69, 9.17) is 4.74 Å². The van der Waals surface area contributed by atoms with Crippen molar-refractivity contribution in [3.05, 3.63) is 0 Å². The maximum absolute atomic E-state index is 11.5. The van der Waals surface area contributed by atoms with E-state index in [9.17, 15) is 4.79 Å². The zero-order valence-electron chi connectivity index (χ0n) is 9.93. The lowest BCUT2D eigenvalue weighted by Crippen LogP contribution is -2.48. The van der Waals surface area contributed by atoms with Gasteiger partial charge >= 0.3 is 0 Å². The van der Waals surface area contributed by atoms with Crippen molar-refractivity contribution in [3.63, 3.8) is 0 Å². The molecule has 1 fully saturated rings. The number of hydrogen-bond acceptors (Lipinski definition) is 3. The second kappa shape index (κ2) is 5.47. The molecule has 15 heavy (non-hydrogen) atoms. The highest BCUT2D eigenvalue weighted by molar-refractivity contribution is 5.78. The number of amides is 1. The molecule has 2 atom stereocenters. The Labute approximate surface area is 91.8 Å². The summed E-state index contributed by atoms with van der Waals surface area (Å²) in [5.74, 6) is 0.0671. The van der Waals surface area contributed by atoms with Crippen molar-refractivity contribution in [2.45, 2.75) is 45.2 Å². The van der Waals surface area contributed by atoms with Gasteiger partial charge in [-0.2, -0.15) is 0 Å². The van der Waals surface area contributed by atoms with Gasteiger partial charge in [-0.15, -0.1) is 0 Å². The van der Waals surface area contributed by atoms with E-state index in [1.807, 2.05) is 6.92 Å². The van der Waals surface area contributed by atoms with Crippen LogP contribution in [0.2, 0.25) is 0 Å². The Kier molecular flexibility index (Phi) is 4.54. The molecule has 4 heteroatoms. The van der Waals surface area contributed by atoms with Crippen LogP contribution in [0.25, 0.3) is 0 Å². The Morgan fingerprint density at radius 1 is 1.60 bits per heavy atom. The van der Waals surface area contributed by atoms with Gasteiger partial charge in [-0.1, -0.05) is 6.92 Å². The summed E-state index contributed by atoms with van der Waals surface area (Å²) in [6, 6.07) is 0.256. The Balaban J connectivity index is 2.21. The fourth-order valence-electron chi connectivity index (χ4n) is 1.53. The third kappa shape index (κ3) is 4.18. The van der Waals surface area contributed by atoms with Crippen LogP contribution in [-0.4, -0.2) is 37.2 Å². The van der Waals surface area contributed by atoms with E-state index in [1.54, 1.807) is 0 Å². The van der Waals surface area contributed by atoms with E-state index in [1.165, 1.54) is 0 Å². The molecule has 0 saturated carbocycles. The summed E-state index contributed by atoms with van der Waals surface area (Å²) in [6.45, 7) is 8.03. The molecule has 0 bridgehead atoms. The zero-order chi connectivity index (χ0) is 11.3. The molecule has 0 spiro atoms. The fraction of sp³-hybridized carbons (Fsp3) is 0.909. The van der Waals surface area contributed by atoms with Crippen molar-refractivity contribution in [3.8, 4) is 0 Å².